The van der Waals surface area contributed by atoms with Crippen LogP contribution in [0.25, 0.3) is 11.3 Å². The Morgan fingerprint density at radius 3 is 2.28 bits per heavy atom. The van der Waals surface area contributed by atoms with Crippen LogP contribution in [0.4, 0.5) is 5.82 Å². The van der Waals surface area contributed by atoms with Crippen molar-refractivity contribution in [2.75, 3.05) is 17.8 Å². The van der Waals surface area contributed by atoms with Crippen molar-refractivity contribution < 1.29 is 30.0 Å². The van der Waals surface area contributed by atoms with Crippen LogP contribution in [0.2, 0.25) is 0 Å². The fourth-order valence-electron chi connectivity index (χ4n) is 3.47. The van der Waals surface area contributed by atoms with E-state index in [9.17, 15) is 21.6 Å². The molecule has 0 bridgehead atoms. The maximum Gasteiger partial charge on any atom is 0.306 e. The number of nitrogens with zero attached hydrogens (tertiary/aromatic N) is 4. The van der Waals surface area contributed by atoms with Crippen molar-refractivity contribution >= 4 is 37.6 Å². The van der Waals surface area contributed by atoms with E-state index >= 15 is 0 Å². The quantitative estimate of drug-likeness (QED) is 0.337. The maximum atomic E-state index is 13.2. The molecule has 0 radical (unpaired) electrons. The Bertz CT molecular complexity index is 1660. The van der Waals surface area contributed by atoms with Crippen molar-refractivity contribution in [2.24, 2.45) is 0 Å². The van der Waals surface area contributed by atoms with Gasteiger partial charge in [-0.15, -0.1) is 0 Å². The lowest BCUT2D eigenvalue weighted by molar-refractivity contribution is 0.102. The Hall–Kier alpha value is -3.91. The Morgan fingerprint density at radius 1 is 0.972 bits per heavy atom. The molecule has 12 nitrogen and oxygen atoms in total. The largest absolute Gasteiger partial charge is 0.378 e. The second kappa shape index (κ2) is 9.28. The predicted octanol–water partition coefficient (Wildman–Crippen LogP) is 2.57. The van der Waals surface area contributed by atoms with Crippen LogP contribution in [0.5, 0.6) is 11.5 Å². The zero-order valence-electron chi connectivity index (χ0n) is 19.7. The monoisotopic (exact) mass is 533 g/mol. The molecule has 1 amide bonds. The van der Waals surface area contributed by atoms with Gasteiger partial charge in [0.1, 0.15) is 5.65 Å². The van der Waals surface area contributed by atoms with Crippen molar-refractivity contribution in [3.8, 4) is 17.2 Å². The van der Waals surface area contributed by atoms with Crippen LogP contribution in [0.3, 0.4) is 0 Å². The molecule has 3 aromatic heterocycles. The first-order chi connectivity index (χ1) is 16.8. The molecular formula is C22H23N5O7S2. The Kier molecular flexibility index (Phi) is 6.49. The molecule has 0 aliphatic heterocycles. The van der Waals surface area contributed by atoms with Gasteiger partial charge in [-0.3, -0.25) is 4.79 Å². The number of pyridine rings is 1. The lowest BCUT2D eigenvalue weighted by atomic mass is 9.99. The third-order valence-corrected chi connectivity index (χ3v) is 5.90. The van der Waals surface area contributed by atoms with E-state index in [2.05, 4.69) is 15.3 Å². The molecule has 0 spiro atoms. The summed E-state index contributed by atoms with van der Waals surface area (Å²) in [5, 5.41) is 2.60. The lowest BCUT2D eigenvalue weighted by Crippen LogP contribution is -2.18. The lowest BCUT2D eigenvalue weighted by Gasteiger charge is -2.18. The third kappa shape index (κ3) is 5.66. The number of hydrogen-bond donors (Lipinski definition) is 1. The van der Waals surface area contributed by atoms with E-state index in [-0.39, 0.29) is 23.0 Å². The number of carbonyl (C=O) groups is 1. The van der Waals surface area contributed by atoms with Crippen LogP contribution in [0, 0.1) is 0 Å². The summed E-state index contributed by atoms with van der Waals surface area (Å²) in [6.45, 7) is 3.51. The van der Waals surface area contributed by atoms with Crippen LogP contribution >= 0.6 is 0 Å². The number of imidazole rings is 2. The minimum Gasteiger partial charge on any atom is -0.378 e. The van der Waals surface area contributed by atoms with Gasteiger partial charge in [0.15, 0.2) is 17.3 Å². The van der Waals surface area contributed by atoms with Gasteiger partial charge in [0.2, 0.25) is 0 Å². The Balaban J connectivity index is 1.75. The van der Waals surface area contributed by atoms with Crippen LogP contribution in [-0.4, -0.2) is 54.2 Å². The summed E-state index contributed by atoms with van der Waals surface area (Å²) >= 11 is 0. The molecule has 0 aliphatic rings. The number of fused-ring (bicyclic) bond motifs is 1. The van der Waals surface area contributed by atoms with Gasteiger partial charge in [-0.25, -0.2) is 9.97 Å². The van der Waals surface area contributed by atoms with Gasteiger partial charge in [0.05, 0.1) is 36.3 Å². The van der Waals surface area contributed by atoms with E-state index in [1.165, 1.54) is 12.1 Å². The fourth-order valence-corrected chi connectivity index (χ4v) is 4.41. The smallest absolute Gasteiger partial charge is 0.306 e. The summed E-state index contributed by atoms with van der Waals surface area (Å²) in [4.78, 5) is 21.6. The van der Waals surface area contributed by atoms with Crippen LogP contribution in [0.15, 0.2) is 55.4 Å². The molecule has 1 aromatic carbocycles. The van der Waals surface area contributed by atoms with Crippen molar-refractivity contribution in [3.05, 3.63) is 66.5 Å². The summed E-state index contributed by atoms with van der Waals surface area (Å²) in [7, 11) is -8.24. The van der Waals surface area contributed by atoms with Crippen molar-refractivity contribution in [3.63, 3.8) is 0 Å². The summed E-state index contributed by atoms with van der Waals surface area (Å²) in [5.74, 6) is -1.78. The van der Waals surface area contributed by atoms with Gasteiger partial charge in [0, 0.05) is 24.2 Å². The molecule has 36 heavy (non-hydrogen) atoms. The minimum absolute atomic E-state index is 0.173. The normalized spacial score (nSPS) is 12.1. The predicted molar refractivity (Wildman–Crippen MR) is 132 cm³/mol. The van der Waals surface area contributed by atoms with Crippen molar-refractivity contribution in [1.29, 1.82) is 0 Å². The molecule has 0 fully saturated rings. The summed E-state index contributed by atoms with van der Waals surface area (Å²) in [6.07, 6.45) is 10.0. The Morgan fingerprint density at radius 2 is 1.67 bits per heavy atom. The molecule has 190 valence electrons. The highest BCUT2D eigenvalue weighted by Gasteiger charge is 2.28. The van der Waals surface area contributed by atoms with Crippen LogP contribution < -0.4 is 13.7 Å². The topological polar surface area (TPSA) is 151 Å². The van der Waals surface area contributed by atoms with Gasteiger partial charge < -0.3 is 22.7 Å². The second-order valence-corrected chi connectivity index (χ2v) is 11.4. The molecule has 14 heteroatoms. The SMILES string of the molecule is CC(C)c1ccc(C(=O)Nc2cn3cc(-n4ccnc4)ccc3n2)c(OS(C)(=O)=O)c1OS(C)(=O)=O. The second-order valence-electron chi connectivity index (χ2n) is 8.29. The average Bonchev–Trinajstić information content (AvgIpc) is 3.41. The van der Waals surface area contributed by atoms with E-state index in [1.807, 2.05) is 6.07 Å². The van der Waals surface area contributed by atoms with E-state index < -0.39 is 31.9 Å². The first kappa shape index (κ1) is 25.2. The molecule has 0 aliphatic carbocycles. The standard InChI is InChI=1S/C22H23N5O7S2/c1-14(2)16-6-7-17(21(34-36(4,31)32)20(16)33-35(3,29)30)22(28)25-18-12-27-11-15(5-8-19(27)24-18)26-10-9-23-13-26/h5-14H,1-4H3,(H,25,28). The van der Waals surface area contributed by atoms with Gasteiger partial charge in [-0.05, 0) is 24.1 Å². The number of hydrogen-bond acceptors (Lipinski definition) is 9. The zero-order valence-corrected chi connectivity index (χ0v) is 21.4. The minimum atomic E-state index is -4.16. The van der Waals surface area contributed by atoms with E-state index in [1.54, 1.807) is 60.0 Å². The molecule has 4 aromatic rings. The van der Waals surface area contributed by atoms with E-state index in [0.29, 0.717) is 11.2 Å². The van der Waals surface area contributed by atoms with Crippen LogP contribution in [0.1, 0.15) is 35.7 Å². The third-order valence-electron chi connectivity index (χ3n) is 4.96. The van der Waals surface area contributed by atoms with Crippen molar-refractivity contribution in [1.82, 2.24) is 18.9 Å². The Labute approximate surface area is 207 Å². The number of aromatic nitrogens is 4. The van der Waals surface area contributed by atoms with Gasteiger partial charge in [-0.2, -0.15) is 16.8 Å². The molecule has 4 rings (SSSR count). The molecular weight excluding hydrogens is 510 g/mol. The van der Waals surface area contributed by atoms with Gasteiger partial charge in [0.25, 0.3) is 5.91 Å². The van der Waals surface area contributed by atoms with Gasteiger partial charge in [-0.1, -0.05) is 19.9 Å². The van der Waals surface area contributed by atoms with Gasteiger partial charge >= 0.3 is 20.2 Å². The van der Waals surface area contributed by atoms with E-state index in [4.69, 9.17) is 8.37 Å². The van der Waals surface area contributed by atoms with Crippen LogP contribution in [-0.2, 0) is 20.2 Å². The highest BCUT2D eigenvalue weighted by molar-refractivity contribution is 7.86. The number of benzene rings is 1. The van der Waals surface area contributed by atoms with Crippen molar-refractivity contribution in [2.45, 2.75) is 19.8 Å². The molecule has 0 saturated heterocycles. The summed E-state index contributed by atoms with van der Waals surface area (Å²) in [5.41, 5.74) is 1.44. The highest BCUT2D eigenvalue weighted by Crippen LogP contribution is 2.40. The number of rotatable bonds is 8. The molecule has 0 saturated carbocycles. The first-order valence-electron chi connectivity index (χ1n) is 10.5. The fraction of sp³-hybridized carbons (Fsp3) is 0.227. The first-order valence-corrected chi connectivity index (χ1v) is 14.2. The number of anilines is 1. The number of nitrogens with one attached hydrogen (secondary N) is 1. The molecule has 0 atom stereocenters. The maximum absolute atomic E-state index is 13.2. The number of amides is 1. The summed E-state index contributed by atoms with van der Waals surface area (Å²) < 4.78 is 61.5. The highest BCUT2D eigenvalue weighted by atomic mass is 32.2. The number of carbonyl (C=O) groups excluding carboxylic acids is 1. The molecule has 3 heterocycles. The molecule has 0 unspecified atom stereocenters. The zero-order chi connectivity index (χ0) is 26.3. The van der Waals surface area contributed by atoms with E-state index in [0.717, 1.165) is 18.2 Å². The summed E-state index contributed by atoms with van der Waals surface area (Å²) in [6, 6.07) is 6.40. The molecule has 1 N–H and O–H groups in total. The average molecular weight is 534 g/mol.